The van der Waals surface area contributed by atoms with Gasteiger partial charge in [-0.2, -0.15) is 0 Å². The zero-order valence-electron chi connectivity index (χ0n) is 25.4. The molecule has 0 spiro atoms. The van der Waals surface area contributed by atoms with Crippen molar-refractivity contribution in [1.82, 2.24) is 25.5 Å². The summed E-state index contributed by atoms with van der Waals surface area (Å²) in [6, 6.07) is -2.37. The molecule has 3 fully saturated rings. The van der Waals surface area contributed by atoms with Crippen LogP contribution in [0, 0.1) is 23.2 Å². The third-order valence-corrected chi connectivity index (χ3v) is 8.71. The summed E-state index contributed by atoms with van der Waals surface area (Å²) in [5.74, 6) is -1.27. The molecule has 0 radical (unpaired) electrons. The van der Waals surface area contributed by atoms with E-state index in [-0.39, 0.29) is 35.3 Å². The molecule has 5 atom stereocenters. The second-order valence-electron chi connectivity index (χ2n) is 14.1. The minimum atomic E-state index is -0.890. The smallest absolute Gasteiger partial charge is 0.329 e. The van der Waals surface area contributed by atoms with Crippen LogP contribution in [0.2, 0.25) is 0 Å². The first-order valence-corrected chi connectivity index (χ1v) is 15.2. The number of carbonyl (C=O) groups is 4. The Morgan fingerprint density at radius 3 is 2.24 bits per heavy atom. The van der Waals surface area contributed by atoms with Crippen molar-refractivity contribution in [2.24, 2.45) is 23.2 Å². The number of likely N-dealkylation sites (tertiary alicyclic amines) is 1. The number of rotatable bonds is 7. The van der Waals surface area contributed by atoms with Crippen LogP contribution in [-0.4, -0.2) is 68.8 Å². The van der Waals surface area contributed by atoms with Crippen LogP contribution in [0.1, 0.15) is 103 Å². The van der Waals surface area contributed by atoms with Crippen LogP contribution in [-0.2, 0) is 19.1 Å². The normalized spacial score (nSPS) is 24.7. The van der Waals surface area contributed by atoms with E-state index in [1.807, 2.05) is 41.5 Å². The molecule has 3 aliphatic rings. The first-order valence-electron chi connectivity index (χ1n) is 15.2. The third kappa shape index (κ3) is 7.43. The molecule has 2 N–H and O–H groups in total. The van der Waals surface area contributed by atoms with E-state index in [0.717, 1.165) is 51.4 Å². The molecule has 2 heterocycles. The van der Waals surface area contributed by atoms with Crippen LogP contribution in [0.5, 0.6) is 0 Å². The van der Waals surface area contributed by atoms with Crippen molar-refractivity contribution in [3.63, 3.8) is 0 Å². The van der Waals surface area contributed by atoms with Crippen LogP contribution in [0.3, 0.4) is 0 Å². The molecule has 1 aromatic heterocycles. The van der Waals surface area contributed by atoms with E-state index in [0.29, 0.717) is 6.54 Å². The van der Waals surface area contributed by atoms with Gasteiger partial charge < -0.3 is 20.3 Å². The van der Waals surface area contributed by atoms with E-state index in [1.54, 1.807) is 4.90 Å². The molecule has 2 unspecified atom stereocenters. The topological polar surface area (TPSA) is 131 Å². The number of hydrogen-bond donors (Lipinski definition) is 2. The van der Waals surface area contributed by atoms with E-state index < -0.39 is 41.0 Å². The average Bonchev–Trinajstić information content (AvgIpc) is 3.50. The van der Waals surface area contributed by atoms with E-state index in [2.05, 4.69) is 20.6 Å². The predicted octanol–water partition coefficient (Wildman–Crippen LogP) is 3.66. The molecule has 0 aromatic carbocycles. The lowest BCUT2D eigenvalue weighted by Gasteiger charge is -2.38. The number of nitrogens with one attached hydrogen (secondary N) is 2. The fraction of sp³-hybridized carbons (Fsp3) is 0.742. The fourth-order valence-electron chi connectivity index (χ4n) is 6.74. The maximum Gasteiger partial charge on any atom is 0.329 e. The lowest BCUT2D eigenvalue weighted by molar-refractivity contribution is -0.165. The summed E-state index contributed by atoms with van der Waals surface area (Å²) in [5.41, 5.74) is -1.18. The fourth-order valence-corrected chi connectivity index (χ4v) is 6.74. The van der Waals surface area contributed by atoms with Crippen LogP contribution in [0.4, 0.5) is 0 Å². The Balaban J connectivity index is 1.58. The van der Waals surface area contributed by atoms with Gasteiger partial charge in [0.15, 0.2) is 0 Å². The van der Waals surface area contributed by atoms with Gasteiger partial charge in [-0.1, -0.05) is 46.5 Å². The molecule has 4 rings (SSSR count). The van der Waals surface area contributed by atoms with E-state index in [1.165, 1.54) is 18.6 Å². The third-order valence-electron chi connectivity index (χ3n) is 8.71. The molecular weight excluding hydrogens is 522 g/mol. The number of esters is 1. The number of aromatic nitrogens is 2. The minimum Gasteiger partial charge on any atom is -0.458 e. The van der Waals surface area contributed by atoms with Crippen molar-refractivity contribution in [2.75, 3.05) is 6.54 Å². The number of hydrogen-bond acceptors (Lipinski definition) is 7. The molecule has 10 heteroatoms. The molecular formula is C31H47N5O5. The maximum atomic E-state index is 14.3. The first kappa shape index (κ1) is 30.9. The molecule has 0 bridgehead atoms. The predicted molar refractivity (Wildman–Crippen MR) is 153 cm³/mol. The van der Waals surface area contributed by atoms with Crippen molar-refractivity contribution in [1.29, 1.82) is 0 Å². The quantitative estimate of drug-likeness (QED) is 0.479. The minimum absolute atomic E-state index is 0.0549. The summed E-state index contributed by atoms with van der Waals surface area (Å²) in [6.07, 6.45) is 11.8. The SMILES string of the molecule is CC(C)(C)OC(=O)[C@@H]1[C@H]2CCC[C@H]2CN1C(=O)C(NC(=O)C(NC(=O)c1cnccn1)C1CCCCC1)C(C)(C)C. The van der Waals surface area contributed by atoms with Gasteiger partial charge in [0.25, 0.3) is 5.91 Å². The second kappa shape index (κ2) is 12.4. The highest BCUT2D eigenvalue weighted by Crippen LogP contribution is 2.43. The van der Waals surface area contributed by atoms with Crippen LogP contribution in [0.25, 0.3) is 0 Å². The van der Waals surface area contributed by atoms with Crippen molar-refractivity contribution in [2.45, 2.75) is 117 Å². The number of ether oxygens (including phenoxy) is 1. The van der Waals surface area contributed by atoms with E-state index in [9.17, 15) is 19.2 Å². The molecule has 1 aliphatic heterocycles. The standard InChI is InChI=1S/C31H47N5O5/c1-30(2,3)25(28(39)36-18-20-13-10-14-21(20)24(36)29(40)41-31(4,5)6)35-27(38)23(19-11-8-7-9-12-19)34-26(37)22-17-32-15-16-33-22/h15-17,19-21,23-25H,7-14,18H2,1-6H3,(H,34,37)(H,35,38)/t20-,21-,23?,24-,25?/m0/s1. The van der Waals surface area contributed by atoms with Gasteiger partial charge >= 0.3 is 5.97 Å². The number of carbonyl (C=O) groups excluding carboxylic acids is 4. The molecule has 2 aliphatic carbocycles. The first-order chi connectivity index (χ1) is 19.3. The molecule has 10 nitrogen and oxygen atoms in total. The number of amides is 3. The van der Waals surface area contributed by atoms with Crippen LogP contribution >= 0.6 is 0 Å². The largest absolute Gasteiger partial charge is 0.458 e. The molecule has 1 aromatic rings. The average molecular weight is 570 g/mol. The van der Waals surface area contributed by atoms with Crippen LogP contribution < -0.4 is 10.6 Å². The monoisotopic (exact) mass is 569 g/mol. The Labute approximate surface area is 243 Å². The van der Waals surface area contributed by atoms with E-state index >= 15 is 0 Å². The van der Waals surface area contributed by atoms with Gasteiger partial charge in [0.2, 0.25) is 11.8 Å². The Morgan fingerprint density at radius 2 is 1.63 bits per heavy atom. The van der Waals surface area contributed by atoms with Gasteiger partial charge in [-0.05, 0) is 69.6 Å². The summed E-state index contributed by atoms with van der Waals surface area (Å²) in [4.78, 5) is 64.4. The van der Waals surface area contributed by atoms with Crippen molar-refractivity contribution in [3.05, 3.63) is 24.3 Å². The highest BCUT2D eigenvalue weighted by atomic mass is 16.6. The zero-order valence-corrected chi connectivity index (χ0v) is 25.4. The zero-order chi connectivity index (χ0) is 29.9. The van der Waals surface area contributed by atoms with Gasteiger partial charge in [-0.25, -0.2) is 9.78 Å². The van der Waals surface area contributed by atoms with Gasteiger partial charge in [0.1, 0.15) is 29.4 Å². The number of fused-ring (bicyclic) bond motifs is 1. The van der Waals surface area contributed by atoms with Crippen LogP contribution in [0.15, 0.2) is 18.6 Å². The summed E-state index contributed by atoms with van der Waals surface area (Å²) in [7, 11) is 0. The molecule has 1 saturated heterocycles. The summed E-state index contributed by atoms with van der Waals surface area (Å²) < 4.78 is 5.78. The van der Waals surface area contributed by atoms with Gasteiger partial charge in [0, 0.05) is 18.9 Å². The summed E-state index contributed by atoms with van der Waals surface area (Å²) in [6.45, 7) is 11.7. The molecule has 3 amide bonds. The summed E-state index contributed by atoms with van der Waals surface area (Å²) in [5, 5.41) is 5.93. The molecule has 2 saturated carbocycles. The lowest BCUT2D eigenvalue weighted by atomic mass is 9.82. The number of nitrogens with zero attached hydrogens (tertiary/aromatic N) is 3. The Bertz CT molecular complexity index is 1110. The van der Waals surface area contributed by atoms with E-state index in [4.69, 9.17) is 4.74 Å². The van der Waals surface area contributed by atoms with Gasteiger partial charge in [-0.15, -0.1) is 0 Å². The molecule has 41 heavy (non-hydrogen) atoms. The lowest BCUT2D eigenvalue weighted by Crippen LogP contribution is -2.61. The highest BCUT2D eigenvalue weighted by molar-refractivity contribution is 5.98. The maximum absolute atomic E-state index is 14.3. The summed E-state index contributed by atoms with van der Waals surface area (Å²) >= 11 is 0. The van der Waals surface area contributed by atoms with Crippen molar-refractivity contribution < 1.29 is 23.9 Å². The van der Waals surface area contributed by atoms with Crippen molar-refractivity contribution in [3.8, 4) is 0 Å². The Kier molecular flexibility index (Phi) is 9.39. The Hall–Kier alpha value is -3.04. The molecule has 226 valence electrons. The van der Waals surface area contributed by atoms with Gasteiger partial charge in [-0.3, -0.25) is 19.4 Å². The van der Waals surface area contributed by atoms with Gasteiger partial charge in [0.05, 0.1) is 6.20 Å². The second-order valence-corrected chi connectivity index (χ2v) is 14.1. The Morgan fingerprint density at radius 1 is 0.927 bits per heavy atom. The van der Waals surface area contributed by atoms with Crippen molar-refractivity contribution >= 4 is 23.7 Å². The highest BCUT2D eigenvalue weighted by Gasteiger charge is 2.53.